The number of aromatic nitrogens is 3. The smallest absolute Gasteiger partial charge is 0.198 e. The lowest BCUT2D eigenvalue weighted by atomic mass is 9.89. The largest absolute Gasteiger partial charge is 0.383 e. The van der Waals surface area contributed by atoms with Crippen molar-refractivity contribution in [3.63, 3.8) is 0 Å². The van der Waals surface area contributed by atoms with Crippen molar-refractivity contribution in [2.75, 3.05) is 39.0 Å². The Hall–Kier alpha value is -2.56. The molecule has 2 aromatic heterocycles. The van der Waals surface area contributed by atoms with Crippen molar-refractivity contribution in [2.45, 2.75) is 37.8 Å². The maximum atomic E-state index is 15.5. The molecule has 15 heteroatoms. The number of benzene rings is 2. The number of nitrogens with two attached hydrogens (primary N) is 2. The summed E-state index contributed by atoms with van der Waals surface area (Å²) in [7, 11) is -0.446. The Morgan fingerprint density at radius 1 is 0.909 bits per heavy atom. The van der Waals surface area contributed by atoms with Gasteiger partial charge < -0.3 is 15.2 Å². The van der Waals surface area contributed by atoms with Gasteiger partial charge in [-0.1, -0.05) is 12.1 Å². The summed E-state index contributed by atoms with van der Waals surface area (Å²) >= 11 is 6.09. The maximum Gasteiger partial charge on any atom is 0.198 e. The van der Waals surface area contributed by atoms with E-state index in [4.69, 9.17) is 14.2 Å². The zero-order chi connectivity index (χ0) is 31.7. The average molecular weight is 759 g/mol. The molecule has 2 aromatic carbocycles. The SMILES string of the molecule is CN1CCN(C2CCC(n3cc(-c4ccc(-c5c(F)c(Br)cc(F)c5Br)c(F)c4)c4c(N)ncnc43)CC2)CC1.N[SH](=O)=O. The number of likely N-dealkylation sites (N-methyl/N-ethyl adjacent to an activating group) is 1. The summed E-state index contributed by atoms with van der Waals surface area (Å²) in [6, 6.07) is 6.33. The highest BCUT2D eigenvalue weighted by molar-refractivity contribution is 9.11. The van der Waals surface area contributed by atoms with Crippen molar-refractivity contribution >= 4 is 59.6 Å². The lowest BCUT2D eigenvalue weighted by Gasteiger charge is -2.41. The number of hydrogen-bond donors (Lipinski definition) is 3. The first kappa shape index (κ1) is 32.8. The standard InChI is InChI=1S/C29H29Br2F3N6.H3NO2S/c1-38-8-10-39(11-9-38)17-3-5-18(6-4-17)40-14-20(25-28(35)36-15-37-29(25)40)16-2-7-19(22(32)12-16)24-26(31)23(33)13-21(30)27(24)34;1-4(2)3/h2,7,12-15,17-18H,3-6,8-11H2,1H3,(H2,35,36,37);4H,(H2,1,2,3). The van der Waals surface area contributed by atoms with Crippen molar-refractivity contribution in [3.05, 3.63) is 63.2 Å². The summed E-state index contributed by atoms with van der Waals surface area (Å²) in [6.45, 7) is 4.44. The third-order valence-corrected chi connectivity index (χ3v) is 9.77. The Kier molecular flexibility index (Phi) is 10.3. The molecule has 0 atom stereocenters. The van der Waals surface area contributed by atoms with E-state index in [1.807, 2.05) is 6.20 Å². The predicted molar refractivity (Wildman–Crippen MR) is 173 cm³/mol. The molecule has 4 N–H and O–H groups in total. The molecule has 1 aliphatic heterocycles. The van der Waals surface area contributed by atoms with Crippen molar-refractivity contribution in [3.8, 4) is 22.3 Å². The first-order chi connectivity index (χ1) is 21.0. The number of fused-ring (bicyclic) bond motifs is 1. The average Bonchev–Trinajstić information content (AvgIpc) is 3.38. The van der Waals surface area contributed by atoms with Crippen LogP contribution in [-0.4, -0.2) is 72.0 Å². The van der Waals surface area contributed by atoms with Crippen LogP contribution in [0.5, 0.6) is 0 Å². The minimum atomic E-state index is -2.62. The van der Waals surface area contributed by atoms with Gasteiger partial charge in [0.25, 0.3) is 0 Å². The van der Waals surface area contributed by atoms with Crippen molar-refractivity contribution in [2.24, 2.45) is 5.14 Å². The normalized spacial score (nSPS) is 19.7. The molecule has 0 spiro atoms. The molecular formula is C29H32Br2F3N7O2S. The van der Waals surface area contributed by atoms with Gasteiger partial charge in [0.1, 0.15) is 35.2 Å². The highest BCUT2D eigenvalue weighted by atomic mass is 79.9. The number of thiol groups is 1. The molecule has 44 heavy (non-hydrogen) atoms. The van der Waals surface area contributed by atoms with E-state index >= 15 is 4.39 Å². The first-order valence-corrected chi connectivity index (χ1v) is 16.9. The maximum absolute atomic E-state index is 15.5. The van der Waals surface area contributed by atoms with Gasteiger partial charge in [-0.25, -0.2) is 36.7 Å². The fourth-order valence-electron chi connectivity index (χ4n) is 6.19. The topological polar surface area (TPSA) is 123 Å². The molecule has 0 bridgehead atoms. The van der Waals surface area contributed by atoms with E-state index in [0.717, 1.165) is 63.6 Å². The number of hydrogen-bond acceptors (Lipinski definition) is 7. The zero-order valence-corrected chi connectivity index (χ0v) is 27.9. The molecule has 4 aromatic rings. The van der Waals surface area contributed by atoms with E-state index in [1.165, 1.54) is 18.5 Å². The van der Waals surface area contributed by atoms with Gasteiger partial charge in [0, 0.05) is 61.1 Å². The number of nitrogen functional groups attached to an aromatic ring is 1. The second-order valence-corrected chi connectivity index (χ2v) is 13.3. The third kappa shape index (κ3) is 6.82. The summed E-state index contributed by atoms with van der Waals surface area (Å²) in [5.74, 6) is -1.81. The minimum Gasteiger partial charge on any atom is -0.383 e. The second kappa shape index (κ2) is 13.8. The highest BCUT2D eigenvalue weighted by Gasteiger charge is 2.30. The lowest BCUT2D eigenvalue weighted by molar-refractivity contribution is 0.0828. The second-order valence-electron chi connectivity index (χ2n) is 11.0. The van der Waals surface area contributed by atoms with Crippen LogP contribution in [0.4, 0.5) is 19.0 Å². The van der Waals surface area contributed by atoms with Crippen LogP contribution in [0.1, 0.15) is 31.7 Å². The van der Waals surface area contributed by atoms with Crippen molar-refractivity contribution in [1.82, 2.24) is 24.3 Å². The number of rotatable bonds is 4. The van der Waals surface area contributed by atoms with Gasteiger partial charge in [-0.3, -0.25) is 4.90 Å². The highest BCUT2D eigenvalue weighted by Crippen LogP contribution is 2.42. The number of anilines is 1. The minimum absolute atomic E-state index is 0.0523. The monoisotopic (exact) mass is 757 g/mol. The number of piperazine rings is 1. The van der Waals surface area contributed by atoms with Crippen LogP contribution in [0.15, 0.2) is 45.7 Å². The van der Waals surface area contributed by atoms with Gasteiger partial charge >= 0.3 is 0 Å². The molecule has 1 saturated carbocycles. The quantitative estimate of drug-likeness (QED) is 0.186. The summed E-state index contributed by atoms with van der Waals surface area (Å²) in [5.41, 5.74) is 8.08. The van der Waals surface area contributed by atoms with E-state index in [2.05, 4.69) is 68.4 Å². The van der Waals surface area contributed by atoms with Crippen LogP contribution >= 0.6 is 31.9 Å². The molecule has 3 heterocycles. The molecule has 236 valence electrons. The van der Waals surface area contributed by atoms with Crippen LogP contribution in [-0.2, 0) is 10.9 Å². The van der Waals surface area contributed by atoms with Crippen LogP contribution in [0.25, 0.3) is 33.3 Å². The van der Waals surface area contributed by atoms with Crippen LogP contribution < -0.4 is 10.9 Å². The van der Waals surface area contributed by atoms with Gasteiger partial charge in [0.2, 0.25) is 0 Å². The Labute approximate surface area is 271 Å². The summed E-state index contributed by atoms with van der Waals surface area (Å²) in [4.78, 5) is 13.8. The third-order valence-electron chi connectivity index (χ3n) is 8.41. The number of nitrogens with zero attached hydrogens (tertiary/aromatic N) is 5. The number of halogens is 5. The molecular weight excluding hydrogens is 727 g/mol. The molecule has 1 aliphatic carbocycles. The van der Waals surface area contributed by atoms with Crippen molar-refractivity contribution in [1.29, 1.82) is 0 Å². The first-order valence-electron chi connectivity index (χ1n) is 14.0. The Morgan fingerprint density at radius 2 is 1.55 bits per heavy atom. The molecule has 0 radical (unpaired) electrons. The lowest BCUT2D eigenvalue weighted by Crippen LogP contribution is -2.49. The molecule has 6 rings (SSSR count). The van der Waals surface area contributed by atoms with E-state index < -0.39 is 28.3 Å². The van der Waals surface area contributed by atoms with E-state index in [0.29, 0.717) is 28.4 Å². The van der Waals surface area contributed by atoms with Crippen LogP contribution in [0.3, 0.4) is 0 Å². The Morgan fingerprint density at radius 3 is 2.18 bits per heavy atom. The van der Waals surface area contributed by atoms with Gasteiger partial charge in [-0.15, -0.1) is 0 Å². The summed E-state index contributed by atoms with van der Waals surface area (Å²) in [6.07, 6.45) is 7.69. The van der Waals surface area contributed by atoms with Gasteiger partial charge in [0.05, 0.1) is 14.3 Å². The molecule has 0 unspecified atom stereocenters. The molecule has 1 saturated heterocycles. The van der Waals surface area contributed by atoms with E-state index in [-0.39, 0.29) is 26.1 Å². The molecule has 2 fully saturated rings. The van der Waals surface area contributed by atoms with Gasteiger partial charge in [-0.2, -0.15) is 0 Å². The zero-order valence-electron chi connectivity index (χ0n) is 23.8. The molecule has 2 aliphatic rings. The fourth-order valence-corrected chi connectivity index (χ4v) is 7.09. The Bertz CT molecular complexity index is 1720. The van der Waals surface area contributed by atoms with Crippen molar-refractivity contribution < 1.29 is 21.6 Å². The van der Waals surface area contributed by atoms with Crippen LogP contribution in [0, 0.1) is 17.5 Å². The van der Waals surface area contributed by atoms with Crippen LogP contribution in [0.2, 0.25) is 0 Å². The van der Waals surface area contributed by atoms with Gasteiger partial charge in [-0.05, 0) is 82.3 Å². The van der Waals surface area contributed by atoms with Gasteiger partial charge in [0.15, 0.2) is 10.9 Å². The Balaban J connectivity index is 0.000000906. The summed E-state index contributed by atoms with van der Waals surface area (Å²) in [5, 5.41) is 4.73. The molecule has 0 amide bonds. The predicted octanol–water partition coefficient (Wildman–Crippen LogP) is 5.49. The summed E-state index contributed by atoms with van der Waals surface area (Å²) < 4.78 is 64.4. The van der Waals surface area contributed by atoms with E-state index in [9.17, 15) is 8.78 Å². The molecule has 9 nitrogen and oxygen atoms in total. The van der Waals surface area contributed by atoms with E-state index in [1.54, 1.807) is 6.07 Å². The fraction of sp³-hybridized carbons (Fsp3) is 0.379.